The quantitative estimate of drug-likeness (QED) is 0.572. The number of carbonyl (C=O) groups excluding carboxylic acids is 3. The first-order valence-corrected chi connectivity index (χ1v) is 11.0. The number of esters is 1. The first kappa shape index (κ1) is 21.2. The number of ether oxygens (including phenoxy) is 1. The average Bonchev–Trinajstić information content (AvgIpc) is 3.50. The first-order chi connectivity index (χ1) is 14.9. The topological polar surface area (TPSA) is 80.6 Å². The van der Waals surface area contributed by atoms with Crippen molar-refractivity contribution < 1.29 is 19.1 Å². The number of benzene rings is 1. The summed E-state index contributed by atoms with van der Waals surface area (Å²) in [7, 11) is 0. The normalized spacial score (nSPS) is 15.1. The number of hydrogen-bond acceptors (Lipinski definition) is 4. The molecule has 1 aromatic carbocycles. The van der Waals surface area contributed by atoms with Crippen molar-refractivity contribution in [1.29, 1.82) is 0 Å². The van der Waals surface area contributed by atoms with E-state index in [1.54, 1.807) is 4.90 Å². The summed E-state index contributed by atoms with van der Waals surface area (Å²) in [5.74, 6) is -0.868. The van der Waals surface area contributed by atoms with E-state index in [9.17, 15) is 14.4 Å². The van der Waals surface area contributed by atoms with Gasteiger partial charge in [0.15, 0.2) is 6.61 Å². The third-order valence-electron chi connectivity index (χ3n) is 6.21. The predicted octanol–water partition coefficient (Wildman–Crippen LogP) is 3.11. The third kappa shape index (κ3) is 4.50. The van der Waals surface area contributed by atoms with E-state index >= 15 is 0 Å². The van der Waals surface area contributed by atoms with Gasteiger partial charge in [-0.05, 0) is 75.3 Å². The van der Waals surface area contributed by atoms with Gasteiger partial charge in [0.2, 0.25) is 5.78 Å². The Hall–Kier alpha value is -3.09. The molecular formula is C24H29N3O4. The lowest BCUT2D eigenvalue weighted by Gasteiger charge is -2.15. The number of nitrogens with one attached hydrogen (secondary N) is 1. The molecule has 2 aliphatic rings. The van der Waals surface area contributed by atoms with Crippen molar-refractivity contribution in [3.8, 4) is 5.69 Å². The Kier molecular flexibility index (Phi) is 6.11. The molecule has 2 heterocycles. The number of rotatable bonds is 6. The van der Waals surface area contributed by atoms with Crippen LogP contribution in [0.5, 0.6) is 0 Å². The fourth-order valence-electron chi connectivity index (χ4n) is 4.59. The van der Waals surface area contributed by atoms with Crippen LogP contribution in [0, 0.1) is 13.8 Å². The van der Waals surface area contributed by atoms with E-state index in [0.717, 1.165) is 42.8 Å². The Balaban J connectivity index is 1.36. The van der Waals surface area contributed by atoms with Crippen LogP contribution in [0.3, 0.4) is 0 Å². The summed E-state index contributed by atoms with van der Waals surface area (Å²) in [6.45, 7) is 4.71. The van der Waals surface area contributed by atoms with Crippen LogP contribution in [0.25, 0.3) is 5.69 Å². The minimum absolute atomic E-state index is 0.239. The van der Waals surface area contributed by atoms with Crippen LogP contribution in [0.2, 0.25) is 0 Å². The Labute approximate surface area is 182 Å². The number of nitrogens with zero attached hydrogens (tertiary/aromatic N) is 2. The minimum atomic E-state index is -0.617. The van der Waals surface area contributed by atoms with Gasteiger partial charge in [-0.15, -0.1) is 0 Å². The highest BCUT2D eigenvalue weighted by molar-refractivity contribution is 5.99. The lowest BCUT2D eigenvalue weighted by molar-refractivity contribution is -0.141. The van der Waals surface area contributed by atoms with Crippen molar-refractivity contribution in [2.24, 2.45) is 0 Å². The molecule has 0 bridgehead atoms. The number of Topliss-reactive ketones (excluding diaryl/α,β-unsaturated/α-hetero) is 1. The van der Waals surface area contributed by atoms with Gasteiger partial charge in [0.1, 0.15) is 6.54 Å². The molecular weight excluding hydrogens is 394 g/mol. The number of urea groups is 1. The maximum atomic E-state index is 12.7. The van der Waals surface area contributed by atoms with Crippen LogP contribution >= 0.6 is 0 Å². The molecule has 1 aliphatic heterocycles. The maximum absolute atomic E-state index is 12.7. The van der Waals surface area contributed by atoms with E-state index in [1.165, 1.54) is 17.5 Å². The van der Waals surface area contributed by atoms with E-state index in [4.69, 9.17) is 4.74 Å². The Bertz CT molecular complexity index is 1020. The van der Waals surface area contributed by atoms with Gasteiger partial charge in [0.05, 0.1) is 0 Å². The fraction of sp³-hybridized carbons (Fsp3) is 0.458. The summed E-state index contributed by atoms with van der Waals surface area (Å²) >= 11 is 0. The zero-order valence-corrected chi connectivity index (χ0v) is 18.2. The Morgan fingerprint density at radius 3 is 2.52 bits per heavy atom. The number of aryl methyl sites for hydroxylation is 3. The summed E-state index contributed by atoms with van der Waals surface area (Å²) in [4.78, 5) is 38.3. The molecule has 2 aromatic rings. The van der Waals surface area contributed by atoms with Gasteiger partial charge in [-0.1, -0.05) is 6.07 Å². The van der Waals surface area contributed by atoms with Gasteiger partial charge in [0.25, 0.3) is 0 Å². The van der Waals surface area contributed by atoms with E-state index in [1.807, 2.05) is 19.9 Å². The predicted molar refractivity (Wildman–Crippen MR) is 117 cm³/mol. The third-order valence-corrected chi connectivity index (χ3v) is 6.21. The van der Waals surface area contributed by atoms with Gasteiger partial charge in [-0.25, -0.2) is 4.79 Å². The molecule has 0 radical (unpaired) electrons. The lowest BCUT2D eigenvalue weighted by atomic mass is 10.1. The van der Waals surface area contributed by atoms with Crippen LogP contribution in [0.4, 0.5) is 4.79 Å². The monoisotopic (exact) mass is 423 g/mol. The number of fused-ring (bicyclic) bond motifs is 1. The number of likely N-dealkylation sites (tertiary alicyclic amines) is 1. The SMILES string of the molecule is Cc1cc(C(=O)COC(=O)CNC(=O)N2CCCC2)c(C)n1-c1ccc2c(c1)CCC2. The van der Waals surface area contributed by atoms with Crippen LogP contribution in [-0.2, 0) is 22.4 Å². The standard InChI is InChI=1S/C24H29N3O4/c1-16-12-21(17(2)27(16)20-9-8-18-6-5-7-19(18)13-20)22(28)15-31-23(29)14-25-24(30)26-10-3-4-11-26/h8-9,12-13H,3-7,10-11,14-15H2,1-2H3,(H,25,30). The van der Waals surface area contributed by atoms with Crippen molar-refractivity contribution in [1.82, 2.24) is 14.8 Å². The number of carbonyl (C=O) groups is 3. The molecule has 1 N–H and O–H groups in total. The second-order valence-corrected chi connectivity index (χ2v) is 8.36. The van der Waals surface area contributed by atoms with Gasteiger partial charge in [-0.2, -0.15) is 0 Å². The molecule has 0 atom stereocenters. The molecule has 0 unspecified atom stereocenters. The fourth-order valence-corrected chi connectivity index (χ4v) is 4.59. The second kappa shape index (κ2) is 8.96. The van der Waals surface area contributed by atoms with Crippen LogP contribution < -0.4 is 5.32 Å². The molecule has 164 valence electrons. The highest BCUT2D eigenvalue weighted by atomic mass is 16.5. The van der Waals surface area contributed by atoms with Crippen LogP contribution in [-0.4, -0.2) is 53.5 Å². The number of hydrogen-bond donors (Lipinski definition) is 1. The zero-order valence-electron chi connectivity index (χ0n) is 18.2. The molecule has 1 aliphatic carbocycles. The number of ketones is 1. The van der Waals surface area contributed by atoms with Crippen LogP contribution in [0.1, 0.15) is 52.1 Å². The van der Waals surface area contributed by atoms with Crippen molar-refractivity contribution >= 4 is 17.8 Å². The first-order valence-electron chi connectivity index (χ1n) is 11.0. The summed E-state index contributed by atoms with van der Waals surface area (Å²) in [6, 6.07) is 8.06. The maximum Gasteiger partial charge on any atom is 0.325 e. The minimum Gasteiger partial charge on any atom is -0.456 e. The molecule has 2 amide bonds. The smallest absolute Gasteiger partial charge is 0.325 e. The molecule has 1 fully saturated rings. The molecule has 0 spiro atoms. The van der Waals surface area contributed by atoms with Gasteiger partial charge < -0.3 is 19.5 Å². The van der Waals surface area contributed by atoms with E-state index in [-0.39, 0.29) is 25.0 Å². The van der Waals surface area contributed by atoms with E-state index in [2.05, 4.69) is 28.1 Å². The van der Waals surface area contributed by atoms with Gasteiger partial charge in [-0.3, -0.25) is 9.59 Å². The van der Waals surface area contributed by atoms with E-state index in [0.29, 0.717) is 18.7 Å². The second-order valence-electron chi connectivity index (χ2n) is 8.36. The molecule has 0 saturated carbocycles. The Morgan fingerprint density at radius 1 is 1.00 bits per heavy atom. The average molecular weight is 424 g/mol. The number of amides is 2. The zero-order chi connectivity index (χ0) is 22.0. The molecule has 7 nitrogen and oxygen atoms in total. The van der Waals surface area contributed by atoms with E-state index < -0.39 is 5.97 Å². The highest BCUT2D eigenvalue weighted by Crippen LogP contribution is 2.27. The summed E-state index contributed by atoms with van der Waals surface area (Å²) in [5.41, 5.74) is 6.18. The molecule has 7 heteroatoms. The van der Waals surface area contributed by atoms with Crippen molar-refractivity contribution in [3.63, 3.8) is 0 Å². The highest BCUT2D eigenvalue weighted by Gasteiger charge is 2.21. The van der Waals surface area contributed by atoms with Crippen molar-refractivity contribution in [2.75, 3.05) is 26.2 Å². The summed E-state index contributed by atoms with van der Waals surface area (Å²) in [6.07, 6.45) is 5.38. The van der Waals surface area contributed by atoms with Crippen molar-refractivity contribution in [2.45, 2.75) is 46.0 Å². The lowest BCUT2D eigenvalue weighted by Crippen LogP contribution is -2.41. The summed E-state index contributed by atoms with van der Waals surface area (Å²) < 4.78 is 7.18. The van der Waals surface area contributed by atoms with Gasteiger partial charge in [0, 0.05) is 35.7 Å². The molecule has 1 saturated heterocycles. The Morgan fingerprint density at radius 2 is 1.74 bits per heavy atom. The molecule has 1 aromatic heterocycles. The number of aromatic nitrogens is 1. The largest absolute Gasteiger partial charge is 0.456 e. The van der Waals surface area contributed by atoms with Gasteiger partial charge >= 0.3 is 12.0 Å². The summed E-state index contributed by atoms with van der Waals surface area (Å²) in [5, 5.41) is 2.55. The van der Waals surface area contributed by atoms with Crippen LogP contribution in [0.15, 0.2) is 24.3 Å². The molecule has 31 heavy (non-hydrogen) atoms. The molecule has 4 rings (SSSR count). The van der Waals surface area contributed by atoms with Crippen molar-refractivity contribution in [3.05, 3.63) is 52.3 Å².